The molecule has 0 radical (unpaired) electrons. The molecule has 1 amide bonds. The number of rotatable bonds is 25. The number of aromatic carboxylic acids is 2. The van der Waals surface area contributed by atoms with Crippen molar-refractivity contribution in [2.45, 2.75) is 149 Å². The Bertz CT molecular complexity index is 1500. The number of ketones is 1. The van der Waals surface area contributed by atoms with Gasteiger partial charge in [-0.2, -0.15) is 0 Å². The van der Waals surface area contributed by atoms with Gasteiger partial charge in [-0.25, -0.2) is 19.2 Å². The number of nitrogens with one attached hydrogen (secondary N) is 1. The van der Waals surface area contributed by atoms with E-state index in [9.17, 15) is 28.8 Å². The summed E-state index contributed by atoms with van der Waals surface area (Å²) in [5, 5.41) is 25.6. The van der Waals surface area contributed by atoms with Crippen molar-refractivity contribution >= 4 is 69.6 Å². The molecule has 0 aliphatic carbocycles. The average molecular weight is 849 g/mol. The molecule has 318 valence electrons. The first-order chi connectivity index (χ1) is 27.5. The minimum atomic E-state index is -1.05. The summed E-state index contributed by atoms with van der Waals surface area (Å²) in [5.74, 6) is -3.41. The molecule has 0 saturated carbocycles. The molecular formula is C43H64N2O9S3. The third-order valence-corrected chi connectivity index (χ3v) is 11.6. The van der Waals surface area contributed by atoms with Crippen LogP contribution in [-0.4, -0.2) is 58.9 Å². The van der Waals surface area contributed by atoms with Gasteiger partial charge in [0.05, 0.1) is 11.1 Å². The fourth-order valence-electron chi connectivity index (χ4n) is 5.65. The molecule has 4 heterocycles. The summed E-state index contributed by atoms with van der Waals surface area (Å²) in [5.41, 5.74) is 6.21. The van der Waals surface area contributed by atoms with Crippen LogP contribution >= 0.6 is 34.0 Å². The van der Waals surface area contributed by atoms with E-state index in [1.807, 2.05) is 0 Å². The molecule has 11 nitrogen and oxygen atoms in total. The van der Waals surface area contributed by atoms with Crippen LogP contribution in [0.1, 0.15) is 209 Å². The summed E-state index contributed by atoms with van der Waals surface area (Å²) >= 11 is 3.51. The topological polar surface area (TPSA) is 190 Å². The largest absolute Gasteiger partial charge is 0.478 e. The summed E-state index contributed by atoms with van der Waals surface area (Å²) in [4.78, 5) is 67.8. The van der Waals surface area contributed by atoms with Crippen molar-refractivity contribution in [1.29, 1.82) is 0 Å². The first-order valence-electron chi connectivity index (χ1n) is 20.5. The van der Waals surface area contributed by atoms with Crippen LogP contribution in [0.2, 0.25) is 0 Å². The molecule has 0 fully saturated rings. The molecule has 0 aromatic carbocycles. The van der Waals surface area contributed by atoms with E-state index in [1.54, 1.807) is 28.3 Å². The number of carbonyl (C=O) groups is 6. The summed E-state index contributed by atoms with van der Waals surface area (Å²) in [6, 6.07) is 4.68. The number of hydrogen-bond donors (Lipinski definition) is 4. The van der Waals surface area contributed by atoms with E-state index >= 15 is 0 Å². The van der Waals surface area contributed by atoms with Gasteiger partial charge in [0.15, 0.2) is 5.78 Å². The third kappa shape index (κ3) is 21.6. The number of carbonyl (C=O) groups excluding carboxylic acids is 4. The van der Waals surface area contributed by atoms with E-state index in [2.05, 4.69) is 30.8 Å². The number of esters is 2. The predicted molar refractivity (Wildman–Crippen MR) is 232 cm³/mol. The first kappa shape index (κ1) is 51.3. The number of cyclic esters (lactones) is 2. The molecule has 5 N–H and O–H groups in total. The average Bonchev–Trinajstić information content (AvgIpc) is 4.02. The maximum absolute atomic E-state index is 11.9. The lowest BCUT2D eigenvalue weighted by Crippen LogP contribution is -2.25. The molecular weight excluding hydrogens is 785 g/mol. The number of thiophene rings is 3. The van der Waals surface area contributed by atoms with Crippen molar-refractivity contribution in [3.05, 3.63) is 65.7 Å². The lowest BCUT2D eigenvalue weighted by Gasteiger charge is -2.04. The zero-order valence-corrected chi connectivity index (χ0v) is 36.5. The molecule has 0 spiro atoms. The second kappa shape index (κ2) is 32.3. The second-order valence-corrected chi connectivity index (χ2v) is 16.4. The van der Waals surface area contributed by atoms with Crippen molar-refractivity contribution < 1.29 is 43.7 Å². The summed E-state index contributed by atoms with van der Waals surface area (Å²) in [6.07, 6.45) is 23.6. The molecule has 14 heteroatoms. The van der Waals surface area contributed by atoms with Gasteiger partial charge in [0, 0.05) is 18.5 Å². The summed E-state index contributed by atoms with van der Waals surface area (Å²) in [6.45, 7) is 8.10. The monoisotopic (exact) mass is 848 g/mol. The molecule has 1 aliphatic heterocycles. The Balaban J connectivity index is 0.000000399. The van der Waals surface area contributed by atoms with Crippen LogP contribution in [0.25, 0.3) is 0 Å². The zero-order chi connectivity index (χ0) is 42.3. The predicted octanol–water partition coefficient (Wildman–Crippen LogP) is 11.7. The molecule has 3 aromatic heterocycles. The highest BCUT2D eigenvalue weighted by Crippen LogP contribution is 2.25. The Kier molecular flexibility index (Phi) is 29.0. The number of ether oxygens (including phenoxy) is 1. The quantitative estimate of drug-likeness (QED) is 0.0276. The molecule has 4 rings (SSSR count). The van der Waals surface area contributed by atoms with Crippen LogP contribution in [0.3, 0.4) is 0 Å². The van der Waals surface area contributed by atoms with Gasteiger partial charge in [-0.1, -0.05) is 124 Å². The highest BCUT2D eigenvalue weighted by molar-refractivity contribution is 7.13. The van der Waals surface area contributed by atoms with Crippen molar-refractivity contribution in [1.82, 2.24) is 5.32 Å². The van der Waals surface area contributed by atoms with Crippen molar-refractivity contribution in [2.24, 2.45) is 5.73 Å². The minimum absolute atomic E-state index is 0.0350. The van der Waals surface area contributed by atoms with Crippen LogP contribution in [-0.2, 0) is 4.74 Å². The Labute approximate surface area is 350 Å². The molecule has 57 heavy (non-hydrogen) atoms. The Morgan fingerprint density at radius 1 is 0.596 bits per heavy atom. The maximum atomic E-state index is 11.9. The molecule has 0 atom stereocenters. The highest BCUT2D eigenvalue weighted by Gasteiger charge is 2.30. The van der Waals surface area contributed by atoms with Gasteiger partial charge >= 0.3 is 23.9 Å². The van der Waals surface area contributed by atoms with Crippen LogP contribution in [0.5, 0.6) is 0 Å². The van der Waals surface area contributed by atoms with Gasteiger partial charge in [0.2, 0.25) is 0 Å². The van der Waals surface area contributed by atoms with Crippen LogP contribution < -0.4 is 11.1 Å². The number of unbranched alkanes of at least 4 members (excludes halogenated alkanes) is 16. The van der Waals surface area contributed by atoms with Gasteiger partial charge in [0.1, 0.15) is 14.6 Å². The fourth-order valence-corrected chi connectivity index (χ4v) is 7.96. The SMILES string of the molecule is CCCCCCCCCC(=O)c1ccsc1C(=O)O.CCCCCCCCN.CCCCCCCCNC(=O)c1sccc1C(=O)O.O=C1OC(=O)c2sccc21. The zero-order valence-electron chi connectivity index (χ0n) is 34.1. The van der Waals surface area contributed by atoms with E-state index in [-0.39, 0.29) is 22.1 Å². The van der Waals surface area contributed by atoms with Crippen molar-refractivity contribution in [2.75, 3.05) is 13.1 Å². The third-order valence-electron chi connectivity index (χ3n) is 8.90. The number of carboxylic acid groups (broad SMARTS) is 2. The maximum Gasteiger partial charge on any atom is 0.357 e. The number of Topliss-reactive ketones (excluding diaryl/α,β-unsaturated/α-hetero) is 1. The van der Waals surface area contributed by atoms with Crippen LogP contribution in [0.15, 0.2) is 34.3 Å². The normalized spacial score (nSPS) is 11.2. The smallest absolute Gasteiger partial charge is 0.357 e. The van der Waals surface area contributed by atoms with Crippen molar-refractivity contribution in [3.63, 3.8) is 0 Å². The van der Waals surface area contributed by atoms with Gasteiger partial charge < -0.3 is 26.0 Å². The lowest BCUT2D eigenvalue weighted by molar-refractivity contribution is 0.0443. The Hall–Kier alpha value is -3.72. The molecule has 3 aromatic rings. The Morgan fingerprint density at radius 3 is 1.61 bits per heavy atom. The van der Waals surface area contributed by atoms with E-state index < -0.39 is 23.9 Å². The van der Waals surface area contributed by atoms with Crippen LogP contribution in [0, 0.1) is 0 Å². The van der Waals surface area contributed by atoms with Gasteiger partial charge in [-0.3, -0.25) is 9.59 Å². The Morgan fingerprint density at radius 2 is 1.09 bits per heavy atom. The number of hydrogen-bond acceptors (Lipinski definition) is 11. The molecule has 0 unspecified atom stereocenters. The number of fused-ring (bicyclic) bond motifs is 1. The lowest BCUT2D eigenvalue weighted by atomic mass is 10.0. The number of carboxylic acids is 2. The van der Waals surface area contributed by atoms with Crippen LogP contribution in [0.4, 0.5) is 0 Å². The van der Waals surface area contributed by atoms with E-state index in [1.165, 1.54) is 125 Å². The van der Waals surface area contributed by atoms with Crippen molar-refractivity contribution in [3.8, 4) is 0 Å². The van der Waals surface area contributed by atoms with E-state index in [0.717, 1.165) is 43.6 Å². The standard InChI is InChI=1S/C15H22O3S.C14H21NO3S.C8H19N.C6H2O3S/c1-2-3-4-5-6-7-8-9-13(16)12-10-11-19-14(12)15(17)18;1-2-3-4-5-6-7-9-15-13(16)12-11(14(17)18)8-10-19-12;1-2-3-4-5-6-7-8-9;7-5-3-1-2-10-4(3)6(8)9-5/h10-11H,2-9H2,1H3,(H,17,18);8,10H,2-7,9H2,1H3,(H,15,16)(H,17,18);2-9H2,1H3;1-2H. The highest BCUT2D eigenvalue weighted by atomic mass is 32.1. The molecule has 0 bridgehead atoms. The van der Waals surface area contributed by atoms with Gasteiger partial charge in [-0.05, 0) is 60.1 Å². The van der Waals surface area contributed by atoms with Gasteiger partial charge in [0.25, 0.3) is 5.91 Å². The van der Waals surface area contributed by atoms with Gasteiger partial charge in [-0.15, -0.1) is 34.0 Å². The second-order valence-electron chi connectivity index (χ2n) is 13.7. The molecule has 0 saturated heterocycles. The number of amides is 1. The van der Waals surface area contributed by atoms with E-state index in [4.69, 9.17) is 15.9 Å². The summed E-state index contributed by atoms with van der Waals surface area (Å²) < 4.78 is 4.30. The van der Waals surface area contributed by atoms with E-state index in [0.29, 0.717) is 33.8 Å². The fraction of sp³-hybridized carbons (Fsp3) is 0.581. The summed E-state index contributed by atoms with van der Waals surface area (Å²) in [7, 11) is 0. The minimum Gasteiger partial charge on any atom is -0.478 e. The first-order valence-corrected chi connectivity index (χ1v) is 23.1. The molecule has 1 aliphatic rings. The number of nitrogens with two attached hydrogens (primary N) is 1.